The van der Waals surface area contributed by atoms with E-state index in [2.05, 4.69) is 0 Å². The van der Waals surface area contributed by atoms with Crippen LogP contribution in [0.15, 0.2) is 35.6 Å². The van der Waals surface area contributed by atoms with Crippen LogP contribution in [0.25, 0.3) is 0 Å². The van der Waals surface area contributed by atoms with Gasteiger partial charge in [0, 0.05) is 5.69 Å². The van der Waals surface area contributed by atoms with Crippen molar-refractivity contribution in [2.75, 3.05) is 4.90 Å². The zero-order chi connectivity index (χ0) is 14.4. The first-order chi connectivity index (χ1) is 9.50. The predicted octanol–water partition coefficient (Wildman–Crippen LogP) is 2.52. The maximum atomic E-state index is 12.3. The average Bonchev–Trinajstić information content (AvgIpc) is 3.19. The molecule has 4 nitrogen and oxygen atoms in total. The molecule has 0 bridgehead atoms. The summed E-state index contributed by atoms with van der Waals surface area (Å²) in [6.07, 6.45) is 1.98. The number of aliphatic hydroxyl groups is 1. The minimum absolute atomic E-state index is 0.220. The number of Topliss-reactive ketones (excluding diaryl/α,β-unsaturated/α-hetero) is 1. The molecule has 0 aromatic heterocycles. The van der Waals surface area contributed by atoms with E-state index in [9.17, 15) is 14.7 Å². The van der Waals surface area contributed by atoms with Gasteiger partial charge in [0.15, 0.2) is 11.5 Å². The Hall–Kier alpha value is -2.10. The van der Waals surface area contributed by atoms with Crippen LogP contribution in [0.4, 0.5) is 5.69 Å². The SMILES string of the molecule is CC(=O)C1=C(O)C(=O)N(c2ccc(C)cc2)C1C1CC1. The highest BCUT2D eigenvalue weighted by atomic mass is 16.3. The average molecular weight is 271 g/mol. The van der Waals surface area contributed by atoms with Crippen molar-refractivity contribution in [1.82, 2.24) is 0 Å². The van der Waals surface area contributed by atoms with E-state index < -0.39 is 5.91 Å². The van der Waals surface area contributed by atoms with Gasteiger partial charge < -0.3 is 5.11 Å². The lowest BCUT2D eigenvalue weighted by molar-refractivity contribution is -0.117. The van der Waals surface area contributed by atoms with Crippen LogP contribution in [0.5, 0.6) is 0 Å². The zero-order valence-corrected chi connectivity index (χ0v) is 11.6. The minimum atomic E-state index is -0.462. The molecule has 3 rings (SSSR count). The summed E-state index contributed by atoms with van der Waals surface area (Å²) in [5.41, 5.74) is 2.12. The molecule has 20 heavy (non-hydrogen) atoms. The van der Waals surface area contributed by atoms with Crippen molar-refractivity contribution >= 4 is 17.4 Å². The van der Waals surface area contributed by atoms with Gasteiger partial charge in [0.05, 0.1) is 11.6 Å². The van der Waals surface area contributed by atoms with Crippen LogP contribution in [0.2, 0.25) is 0 Å². The molecule has 1 N–H and O–H groups in total. The van der Waals surface area contributed by atoms with Gasteiger partial charge in [-0.2, -0.15) is 0 Å². The Morgan fingerprint density at radius 1 is 1.25 bits per heavy atom. The number of hydrogen-bond acceptors (Lipinski definition) is 3. The number of aryl methyl sites for hydroxylation is 1. The van der Waals surface area contributed by atoms with Gasteiger partial charge in [-0.15, -0.1) is 0 Å². The molecule has 0 spiro atoms. The third-order valence-electron chi connectivity index (χ3n) is 4.01. The largest absolute Gasteiger partial charge is 0.503 e. The fourth-order valence-electron chi connectivity index (χ4n) is 2.84. The number of nitrogens with zero attached hydrogens (tertiary/aromatic N) is 1. The summed E-state index contributed by atoms with van der Waals surface area (Å²) in [6, 6.07) is 7.27. The number of amides is 1. The first kappa shape index (κ1) is 12.9. The van der Waals surface area contributed by atoms with Gasteiger partial charge in [0.2, 0.25) is 0 Å². The molecule has 1 heterocycles. The monoisotopic (exact) mass is 271 g/mol. The number of benzene rings is 1. The maximum absolute atomic E-state index is 12.3. The van der Waals surface area contributed by atoms with Crippen LogP contribution < -0.4 is 4.90 Å². The zero-order valence-electron chi connectivity index (χ0n) is 11.6. The number of carbonyl (C=O) groups excluding carboxylic acids is 2. The molecule has 1 aromatic rings. The number of rotatable bonds is 3. The molecule has 1 atom stereocenters. The summed E-state index contributed by atoms with van der Waals surface area (Å²) in [6.45, 7) is 3.39. The Labute approximate surface area is 117 Å². The van der Waals surface area contributed by atoms with Crippen molar-refractivity contribution in [2.45, 2.75) is 32.7 Å². The molecule has 1 unspecified atom stereocenters. The fraction of sp³-hybridized carbons (Fsp3) is 0.375. The van der Waals surface area contributed by atoms with Crippen LogP contribution in [0.3, 0.4) is 0 Å². The summed E-state index contributed by atoms with van der Waals surface area (Å²) in [4.78, 5) is 25.7. The van der Waals surface area contributed by atoms with Crippen molar-refractivity contribution in [1.29, 1.82) is 0 Å². The molecule has 1 aliphatic carbocycles. The van der Waals surface area contributed by atoms with Crippen LogP contribution in [0.1, 0.15) is 25.3 Å². The second kappa shape index (κ2) is 4.47. The molecule has 2 aliphatic rings. The topological polar surface area (TPSA) is 57.6 Å². The number of carbonyl (C=O) groups is 2. The quantitative estimate of drug-likeness (QED) is 0.919. The lowest BCUT2D eigenvalue weighted by atomic mass is 10.00. The number of aliphatic hydroxyl groups excluding tert-OH is 1. The van der Waals surface area contributed by atoms with Crippen molar-refractivity contribution in [3.8, 4) is 0 Å². The van der Waals surface area contributed by atoms with Gasteiger partial charge in [0.1, 0.15) is 0 Å². The minimum Gasteiger partial charge on any atom is -0.503 e. The first-order valence-electron chi connectivity index (χ1n) is 6.85. The second-order valence-electron chi connectivity index (χ2n) is 5.61. The highest BCUT2D eigenvalue weighted by Crippen LogP contribution is 2.44. The molecule has 4 heteroatoms. The van der Waals surface area contributed by atoms with Crippen molar-refractivity contribution in [2.24, 2.45) is 5.92 Å². The summed E-state index contributed by atoms with van der Waals surface area (Å²) in [5.74, 6) is -0.780. The predicted molar refractivity (Wildman–Crippen MR) is 75.5 cm³/mol. The molecule has 1 fully saturated rings. The summed E-state index contributed by atoms with van der Waals surface area (Å²) in [7, 11) is 0. The molecular weight excluding hydrogens is 254 g/mol. The summed E-state index contributed by atoms with van der Waals surface area (Å²) >= 11 is 0. The highest BCUT2D eigenvalue weighted by Gasteiger charge is 2.49. The van der Waals surface area contributed by atoms with Gasteiger partial charge in [-0.25, -0.2) is 0 Å². The van der Waals surface area contributed by atoms with Gasteiger partial charge in [-0.1, -0.05) is 17.7 Å². The molecule has 1 saturated carbocycles. The van der Waals surface area contributed by atoms with Gasteiger partial charge in [-0.3, -0.25) is 14.5 Å². The molecule has 104 valence electrons. The van der Waals surface area contributed by atoms with Gasteiger partial charge >= 0.3 is 0 Å². The van der Waals surface area contributed by atoms with E-state index in [0.717, 1.165) is 24.1 Å². The van der Waals surface area contributed by atoms with E-state index in [1.165, 1.54) is 6.92 Å². The van der Waals surface area contributed by atoms with E-state index in [4.69, 9.17) is 0 Å². The molecule has 0 radical (unpaired) electrons. The smallest absolute Gasteiger partial charge is 0.294 e. The molecule has 0 saturated heterocycles. The highest BCUT2D eigenvalue weighted by molar-refractivity contribution is 6.16. The summed E-state index contributed by atoms with van der Waals surface area (Å²) in [5, 5.41) is 10.0. The Balaban J connectivity index is 2.05. The molecule has 1 aromatic carbocycles. The van der Waals surface area contributed by atoms with Crippen LogP contribution in [-0.4, -0.2) is 22.8 Å². The van der Waals surface area contributed by atoms with Crippen LogP contribution >= 0.6 is 0 Å². The summed E-state index contributed by atoms with van der Waals surface area (Å²) < 4.78 is 0. The van der Waals surface area contributed by atoms with Crippen molar-refractivity contribution in [3.63, 3.8) is 0 Å². The molecular formula is C16H17NO3. The Kier molecular flexibility index (Phi) is 2.89. The third-order valence-corrected chi connectivity index (χ3v) is 4.01. The van der Waals surface area contributed by atoms with E-state index in [0.29, 0.717) is 0 Å². The van der Waals surface area contributed by atoms with E-state index in [-0.39, 0.29) is 29.1 Å². The fourth-order valence-corrected chi connectivity index (χ4v) is 2.84. The lowest BCUT2D eigenvalue weighted by Crippen LogP contribution is -2.38. The Morgan fingerprint density at radius 2 is 1.85 bits per heavy atom. The Morgan fingerprint density at radius 3 is 2.35 bits per heavy atom. The second-order valence-corrected chi connectivity index (χ2v) is 5.61. The van der Waals surface area contributed by atoms with Crippen molar-refractivity contribution in [3.05, 3.63) is 41.2 Å². The number of ketones is 1. The first-order valence-corrected chi connectivity index (χ1v) is 6.85. The molecule has 1 aliphatic heterocycles. The van der Waals surface area contributed by atoms with Gasteiger partial charge in [-0.05, 0) is 44.7 Å². The standard InChI is InChI=1S/C16H17NO3/c1-9-3-7-12(8-4-9)17-14(11-5-6-11)13(10(2)18)15(19)16(17)20/h3-4,7-8,11,14,19H,5-6H2,1-2H3. The van der Waals surface area contributed by atoms with Crippen LogP contribution in [0, 0.1) is 12.8 Å². The van der Waals surface area contributed by atoms with Crippen molar-refractivity contribution < 1.29 is 14.7 Å². The maximum Gasteiger partial charge on any atom is 0.294 e. The Bertz CT molecular complexity index is 611. The third kappa shape index (κ3) is 1.92. The molecule has 1 amide bonds. The van der Waals surface area contributed by atoms with E-state index >= 15 is 0 Å². The van der Waals surface area contributed by atoms with Gasteiger partial charge in [0.25, 0.3) is 5.91 Å². The van der Waals surface area contributed by atoms with Crippen LogP contribution in [-0.2, 0) is 9.59 Å². The van der Waals surface area contributed by atoms with E-state index in [1.807, 2.05) is 31.2 Å². The number of hydrogen-bond donors (Lipinski definition) is 1. The normalized spacial score (nSPS) is 22.6. The lowest BCUT2D eigenvalue weighted by Gasteiger charge is -2.26. The van der Waals surface area contributed by atoms with E-state index in [1.54, 1.807) is 4.90 Å². The number of anilines is 1.